The summed E-state index contributed by atoms with van der Waals surface area (Å²) < 4.78 is 5.49. The number of ether oxygens (including phenoxy) is 1. The van der Waals surface area contributed by atoms with Crippen molar-refractivity contribution in [3.05, 3.63) is 64.2 Å². The van der Waals surface area contributed by atoms with Gasteiger partial charge in [-0.2, -0.15) is 0 Å². The van der Waals surface area contributed by atoms with Gasteiger partial charge >= 0.3 is 0 Å². The molecule has 3 aliphatic heterocycles. The molecule has 0 saturated carbocycles. The molecule has 3 aliphatic rings. The summed E-state index contributed by atoms with van der Waals surface area (Å²) >= 11 is 6.13. The normalized spacial score (nSPS) is 20.4. The molecular formula is C32H42ClN5O4. The van der Waals surface area contributed by atoms with Gasteiger partial charge < -0.3 is 26.0 Å². The van der Waals surface area contributed by atoms with E-state index in [-0.39, 0.29) is 29.7 Å². The molecule has 5 rings (SSSR count). The van der Waals surface area contributed by atoms with Gasteiger partial charge in [-0.05, 0) is 87.0 Å². The van der Waals surface area contributed by atoms with Gasteiger partial charge in [0.25, 0.3) is 0 Å². The lowest BCUT2D eigenvalue weighted by Gasteiger charge is -2.52. The Balaban J connectivity index is 1.20. The molecule has 10 heteroatoms. The molecule has 0 radical (unpaired) electrons. The van der Waals surface area contributed by atoms with Crippen LogP contribution in [0.1, 0.15) is 48.8 Å². The number of amides is 3. The van der Waals surface area contributed by atoms with Gasteiger partial charge in [-0.3, -0.25) is 19.3 Å². The summed E-state index contributed by atoms with van der Waals surface area (Å²) in [4.78, 5) is 43.9. The second-order valence-corrected chi connectivity index (χ2v) is 12.4. The first-order valence-corrected chi connectivity index (χ1v) is 15.4. The zero-order chi connectivity index (χ0) is 29.7. The van der Waals surface area contributed by atoms with E-state index in [0.717, 1.165) is 50.3 Å². The Kier molecular flexibility index (Phi) is 9.83. The number of aryl methyl sites for hydroxylation is 1. The summed E-state index contributed by atoms with van der Waals surface area (Å²) in [5.41, 5.74) is 9.86. The van der Waals surface area contributed by atoms with Crippen molar-refractivity contribution in [3.8, 4) is 0 Å². The molecule has 226 valence electrons. The first-order chi connectivity index (χ1) is 20.3. The summed E-state index contributed by atoms with van der Waals surface area (Å²) in [6, 6.07) is 12.2. The van der Waals surface area contributed by atoms with Crippen LogP contribution in [-0.2, 0) is 32.1 Å². The van der Waals surface area contributed by atoms with Gasteiger partial charge in [0.2, 0.25) is 17.7 Å². The average molecular weight is 596 g/mol. The standard InChI is InChI=1S/C32H42ClN5O4/c1-22-17-25(8-9-26(22)33)35-30(40)27(10-13-34)36-31(41)28-18-23-5-2-3-6-24(23)19-37(28)14-4-7-29(39)38-20-32(21-38)11-15-42-16-12-32/h2-3,5-6,8-9,17,27-28H,4,7,10-16,18-21,34H2,1H3,(H,35,40)(H,36,41)/t27-,28-/m0/s1. The molecule has 2 atom stereocenters. The first-order valence-electron chi connectivity index (χ1n) is 15.0. The number of carbonyl (C=O) groups excluding carboxylic acids is 3. The second-order valence-electron chi connectivity index (χ2n) is 12.0. The Labute approximate surface area is 253 Å². The SMILES string of the molecule is Cc1cc(NC(=O)[C@H](CCN)NC(=O)[C@@H]2Cc3ccccc3CN2CCCC(=O)N2CC3(CCOCC3)C2)ccc1Cl. The molecule has 0 bridgehead atoms. The first kappa shape index (κ1) is 30.5. The Morgan fingerprint density at radius 1 is 1.12 bits per heavy atom. The average Bonchev–Trinajstić information content (AvgIpc) is 2.97. The van der Waals surface area contributed by atoms with Crippen LogP contribution in [0, 0.1) is 12.3 Å². The van der Waals surface area contributed by atoms with Crippen LogP contribution < -0.4 is 16.4 Å². The van der Waals surface area contributed by atoms with Gasteiger partial charge in [0.1, 0.15) is 6.04 Å². The lowest BCUT2D eigenvalue weighted by molar-refractivity contribution is -0.150. The lowest BCUT2D eigenvalue weighted by atomic mass is 9.73. The van der Waals surface area contributed by atoms with Crippen LogP contribution in [0.4, 0.5) is 5.69 Å². The van der Waals surface area contributed by atoms with Gasteiger partial charge in [0.05, 0.1) is 6.04 Å². The highest BCUT2D eigenvalue weighted by molar-refractivity contribution is 6.31. The third-order valence-corrected chi connectivity index (χ3v) is 9.38. The van der Waals surface area contributed by atoms with Crippen molar-refractivity contribution in [2.24, 2.45) is 11.1 Å². The molecule has 0 aromatic heterocycles. The number of hydrogen-bond acceptors (Lipinski definition) is 6. The molecule has 2 aromatic rings. The van der Waals surface area contributed by atoms with Crippen LogP contribution in [0.25, 0.3) is 0 Å². The van der Waals surface area contributed by atoms with Crippen molar-refractivity contribution in [2.75, 3.05) is 44.7 Å². The molecule has 42 heavy (non-hydrogen) atoms. The van der Waals surface area contributed by atoms with Crippen molar-refractivity contribution in [3.63, 3.8) is 0 Å². The van der Waals surface area contributed by atoms with Crippen LogP contribution >= 0.6 is 11.6 Å². The Hall–Kier alpha value is -2.98. The van der Waals surface area contributed by atoms with E-state index in [2.05, 4.69) is 27.7 Å². The maximum absolute atomic E-state index is 13.7. The van der Waals surface area contributed by atoms with Crippen molar-refractivity contribution in [1.29, 1.82) is 0 Å². The van der Waals surface area contributed by atoms with Crippen molar-refractivity contribution < 1.29 is 19.1 Å². The van der Waals surface area contributed by atoms with Gasteiger partial charge in [-0.15, -0.1) is 0 Å². The zero-order valence-electron chi connectivity index (χ0n) is 24.4. The minimum absolute atomic E-state index is 0.183. The zero-order valence-corrected chi connectivity index (χ0v) is 25.1. The number of likely N-dealkylation sites (tertiary alicyclic amines) is 1. The number of anilines is 1. The van der Waals surface area contributed by atoms with E-state index >= 15 is 0 Å². The maximum Gasteiger partial charge on any atom is 0.246 e. The number of halogens is 1. The lowest BCUT2D eigenvalue weighted by Crippen LogP contribution is -2.60. The summed E-state index contributed by atoms with van der Waals surface area (Å²) in [5, 5.41) is 6.49. The number of hydrogen-bond donors (Lipinski definition) is 3. The Morgan fingerprint density at radius 2 is 1.86 bits per heavy atom. The second kappa shape index (κ2) is 13.5. The van der Waals surface area contributed by atoms with Gasteiger partial charge in [0.15, 0.2) is 0 Å². The number of benzene rings is 2. The largest absolute Gasteiger partial charge is 0.381 e. The molecule has 1 spiro atoms. The van der Waals surface area contributed by atoms with Crippen molar-refractivity contribution >= 4 is 35.0 Å². The summed E-state index contributed by atoms with van der Waals surface area (Å²) in [6.07, 6.45) is 4.04. The van der Waals surface area contributed by atoms with Crippen LogP contribution in [0.3, 0.4) is 0 Å². The minimum atomic E-state index is -0.775. The topological polar surface area (TPSA) is 117 Å². The quantitative estimate of drug-likeness (QED) is 0.388. The summed E-state index contributed by atoms with van der Waals surface area (Å²) in [7, 11) is 0. The van der Waals surface area contributed by atoms with Crippen LogP contribution in [0.2, 0.25) is 5.02 Å². The van der Waals surface area contributed by atoms with E-state index in [1.165, 1.54) is 5.56 Å². The fraction of sp³-hybridized carbons (Fsp3) is 0.531. The van der Waals surface area contributed by atoms with E-state index < -0.39 is 12.1 Å². The van der Waals surface area contributed by atoms with Crippen LogP contribution in [-0.4, -0.2) is 79.0 Å². The number of nitrogens with two attached hydrogens (primary N) is 1. The van der Waals surface area contributed by atoms with E-state index in [1.54, 1.807) is 18.2 Å². The summed E-state index contributed by atoms with van der Waals surface area (Å²) in [5.74, 6) is -0.343. The predicted molar refractivity (Wildman–Crippen MR) is 163 cm³/mol. The Morgan fingerprint density at radius 3 is 2.57 bits per heavy atom. The molecule has 0 unspecified atom stereocenters. The molecule has 9 nitrogen and oxygen atoms in total. The maximum atomic E-state index is 13.7. The van der Waals surface area contributed by atoms with E-state index in [0.29, 0.717) is 49.5 Å². The number of rotatable bonds is 10. The number of carbonyl (C=O) groups is 3. The number of nitrogens with zero attached hydrogens (tertiary/aromatic N) is 2. The highest BCUT2D eigenvalue weighted by atomic mass is 35.5. The minimum Gasteiger partial charge on any atom is -0.381 e. The molecule has 2 saturated heterocycles. The van der Waals surface area contributed by atoms with E-state index in [9.17, 15) is 14.4 Å². The van der Waals surface area contributed by atoms with E-state index in [4.69, 9.17) is 22.1 Å². The molecular weight excluding hydrogens is 554 g/mol. The van der Waals surface area contributed by atoms with Gasteiger partial charge in [0, 0.05) is 55.4 Å². The molecule has 3 amide bonds. The predicted octanol–water partition coefficient (Wildman–Crippen LogP) is 3.27. The smallest absolute Gasteiger partial charge is 0.246 e. The highest BCUT2D eigenvalue weighted by Gasteiger charge is 2.45. The summed E-state index contributed by atoms with van der Waals surface area (Å²) in [6.45, 7) is 6.59. The molecule has 2 aromatic carbocycles. The van der Waals surface area contributed by atoms with Crippen molar-refractivity contribution in [2.45, 2.75) is 64.1 Å². The fourth-order valence-corrected chi connectivity index (χ4v) is 6.50. The molecule has 3 heterocycles. The van der Waals surface area contributed by atoms with Crippen LogP contribution in [0.15, 0.2) is 42.5 Å². The molecule has 4 N–H and O–H groups in total. The monoisotopic (exact) mass is 595 g/mol. The fourth-order valence-electron chi connectivity index (χ4n) is 6.38. The highest BCUT2D eigenvalue weighted by Crippen LogP contribution is 2.40. The molecule has 0 aliphatic carbocycles. The number of nitrogens with one attached hydrogen (secondary N) is 2. The van der Waals surface area contributed by atoms with Gasteiger partial charge in [-0.25, -0.2) is 0 Å². The van der Waals surface area contributed by atoms with Gasteiger partial charge in [-0.1, -0.05) is 35.9 Å². The Bertz CT molecular complexity index is 1290. The molecule has 2 fully saturated rings. The van der Waals surface area contributed by atoms with Crippen LogP contribution in [0.5, 0.6) is 0 Å². The van der Waals surface area contributed by atoms with E-state index in [1.807, 2.05) is 24.0 Å². The van der Waals surface area contributed by atoms with Crippen molar-refractivity contribution in [1.82, 2.24) is 15.1 Å². The number of fused-ring (bicyclic) bond motifs is 1. The third kappa shape index (κ3) is 7.14. The third-order valence-electron chi connectivity index (χ3n) is 8.96.